The fourth-order valence-electron chi connectivity index (χ4n) is 1.90. The summed E-state index contributed by atoms with van der Waals surface area (Å²) in [6, 6.07) is 6.33. The SMILES string of the molecule is Cc1ccc(OC2CCOCC2)c(C)c1. The maximum atomic E-state index is 5.96. The Kier molecular flexibility index (Phi) is 3.27. The zero-order valence-corrected chi connectivity index (χ0v) is 9.45. The number of hydrogen-bond donors (Lipinski definition) is 0. The van der Waals surface area contributed by atoms with Crippen molar-refractivity contribution in [3.05, 3.63) is 29.3 Å². The molecule has 0 N–H and O–H groups in total. The molecule has 2 heteroatoms. The minimum atomic E-state index is 0.333. The summed E-state index contributed by atoms with van der Waals surface area (Å²) < 4.78 is 11.3. The molecule has 0 aromatic heterocycles. The molecule has 1 aliphatic rings. The molecule has 0 spiro atoms. The molecule has 1 saturated heterocycles. The summed E-state index contributed by atoms with van der Waals surface area (Å²) in [6.07, 6.45) is 2.35. The maximum absolute atomic E-state index is 5.96. The standard InChI is InChI=1S/C13H18O2/c1-10-3-4-13(11(2)9-10)15-12-5-7-14-8-6-12/h3-4,9,12H,5-8H2,1-2H3. The van der Waals surface area contributed by atoms with Crippen LogP contribution in [0.5, 0.6) is 5.75 Å². The van der Waals surface area contributed by atoms with Crippen LogP contribution in [0.1, 0.15) is 24.0 Å². The van der Waals surface area contributed by atoms with Gasteiger partial charge in [0.1, 0.15) is 11.9 Å². The highest BCUT2D eigenvalue weighted by Gasteiger charge is 2.15. The molecule has 1 aliphatic heterocycles. The van der Waals surface area contributed by atoms with Gasteiger partial charge < -0.3 is 9.47 Å². The quantitative estimate of drug-likeness (QED) is 0.740. The maximum Gasteiger partial charge on any atom is 0.122 e. The molecule has 15 heavy (non-hydrogen) atoms. The van der Waals surface area contributed by atoms with Gasteiger partial charge in [0.2, 0.25) is 0 Å². The fourth-order valence-corrected chi connectivity index (χ4v) is 1.90. The predicted octanol–water partition coefficient (Wildman–Crippen LogP) is 2.86. The van der Waals surface area contributed by atoms with Crippen molar-refractivity contribution >= 4 is 0 Å². The van der Waals surface area contributed by atoms with Crippen molar-refractivity contribution in [2.45, 2.75) is 32.8 Å². The molecule has 82 valence electrons. The first-order valence-corrected chi connectivity index (χ1v) is 5.57. The Labute approximate surface area is 91.2 Å². The predicted molar refractivity (Wildman–Crippen MR) is 60.4 cm³/mol. The summed E-state index contributed by atoms with van der Waals surface area (Å²) in [6.45, 7) is 5.86. The van der Waals surface area contributed by atoms with Crippen molar-refractivity contribution in [2.24, 2.45) is 0 Å². The van der Waals surface area contributed by atoms with E-state index < -0.39 is 0 Å². The smallest absolute Gasteiger partial charge is 0.122 e. The second-order valence-corrected chi connectivity index (χ2v) is 4.20. The highest BCUT2D eigenvalue weighted by molar-refractivity contribution is 5.35. The first kappa shape index (κ1) is 10.5. The Morgan fingerprint density at radius 1 is 1.20 bits per heavy atom. The van der Waals surface area contributed by atoms with E-state index in [-0.39, 0.29) is 0 Å². The Bertz CT molecular complexity index is 327. The minimum absolute atomic E-state index is 0.333. The summed E-state index contributed by atoms with van der Waals surface area (Å²) in [5.74, 6) is 1.02. The van der Waals surface area contributed by atoms with Gasteiger partial charge in [0.25, 0.3) is 0 Å². The molecule has 1 aromatic rings. The van der Waals surface area contributed by atoms with E-state index in [9.17, 15) is 0 Å². The summed E-state index contributed by atoms with van der Waals surface area (Å²) >= 11 is 0. The Morgan fingerprint density at radius 3 is 2.60 bits per heavy atom. The van der Waals surface area contributed by atoms with Crippen molar-refractivity contribution in [3.8, 4) is 5.75 Å². The number of hydrogen-bond acceptors (Lipinski definition) is 2. The first-order chi connectivity index (χ1) is 7.25. The van der Waals surface area contributed by atoms with E-state index >= 15 is 0 Å². The van der Waals surface area contributed by atoms with Crippen LogP contribution >= 0.6 is 0 Å². The normalized spacial score (nSPS) is 17.7. The number of aryl methyl sites for hydroxylation is 2. The van der Waals surface area contributed by atoms with Gasteiger partial charge >= 0.3 is 0 Å². The lowest BCUT2D eigenvalue weighted by Crippen LogP contribution is -2.26. The van der Waals surface area contributed by atoms with Crippen molar-refractivity contribution in [2.75, 3.05) is 13.2 Å². The first-order valence-electron chi connectivity index (χ1n) is 5.57. The van der Waals surface area contributed by atoms with Crippen LogP contribution in [-0.4, -0.2) is 19.3 Å². The van der Waals surface area contributed by atoms with Crippen molar-refractivity contribution in [1.82, 2.24) is 0 Å². The molecule has 0 atom stereocenters. The third-order valence-corrected chi connectivity index (χ3v) is 2.79. The largest absolute Gasteiger partial charge is 0.490 e. The molecule has 0 saturated carbocycles. The number of benzene rings is 1. The summed E-state index contributed by atoms with van der Waals surface area (Å²) in [5.41, 5.74) is 2.51. The lowest BCUT2D eigenvalue weighted by molar-refractivity contribution is 0.0253. The second-order valence-electron chi connectivity index (χ2n) is 4.20. The van der Waals surface area contributed by atoms with E-state index in [1.807, 2.05) is 0 Å². The topological polar surface area (TPSA) is 18.5 Å². The monoisotopic (exact) mass is 206 g/mol. The molecule has 1 aromatic carbocycles. The highest BCUT2D eigenvalue weighted by Crippen LogP contribution is 2.22. The van der Waals surface area contributed by atoms with Gasteiger partial charge in [0, 0.05) is 12.8 Å². The fraction of sp³-hybridized carbons (Fsp3) is 0.538. The van der Waals surface area contributed by atoms with Crippen LogP contribution in [0.4, 0.5) is 0 Å². The Hall–Kier alpha value is -1.02. The van der Waals surface area contributed by atoms with Gasteiger partial charge in [-0.2, -0.15) is 0 Å². The van der Waals surface area contributed by atoms with Gasteiger partial charge in [-0.05, 0) is 25.5 Å². The van der Waals surface area contributed by atoms with Gasteiger partial charge in [0.05, 0.1) is 13.2 Å². The highest BCUT2D eigenvalue weighted by atomic mass is 16.5. The van der Waals surface area contributed by atoms with Crippen LogP contribution in [0.25, 0.3) is 0 Å². The summed E-state index contributed by atoms with van der Waals surface area (Å²) in [5, 5.41) is 0. The van der Waals surface area contributed by atoms with Crippen LogP contribution in [0.3, 0.4) is 0 Å². The van der Waals surface area contributed by atoms with Gasteiger partial charge in [-0.15, -0.1) is 0 Å². The lowest BCUT2D eigenvalue weighted by Gasteiger charge is -2.24. The van der Waals surface area contributed by atoms with Gasteiger partial charge in [-0.1, -0.05) is 17.7 Å². The van der Waals surface area contributed by atoms with Crippen LogP contribution in [0, 0.1) is 13.8 Å². The summed E-state index contributed by atoms with van der Waals surface area (Å²) in [4.78, 5) is 0. The number of rotatable bonds is 2. The number of ether oxygens (including phenoxy) is 2. The van der Waals surface area contributed by atoms with Crippen LogP contribution < -0.4 is 4.74 Å². The molecular weight excluding hydrogens is 188 g/mol. The molecular formula is C13H18O2. The average molecular weight is 206 g/mol. The molecule has 0 amide bonds. The molecule has 0 aliphatic carbocycles. The van der Waals surface area contributed by atoms with E-state index in [0.717, 1.165) is 31.8 Å². The third kappa shape index (κ3) is 2.72. The second kappa shape index (κ2) is 4.67. The van der Waals surface area contributed by atoms with Gasteiger partial charge in [-0.3, -0.25) is 0 Å². The van der Waals surface area contributed by atoms with Crippen molar-refractivity contribution < 1.29 is 9.47 Å². The van der Waals surface area contributed by atoms with E-state index in [1.54, 1.807) is 0 Å². The molecule has 2 rings (SSSR count). The molecule has 0 radical (unpaired) electrons. The zero-order chi connectivity index (χ0) is 10.7. The molecule has 0 unspecified atom stereocenters. The van der Waals surface area contributed by atoms with E-state index in [4.69, 9.17) is 9.47 Å². The average Bonchev–Trinajstić information content (AvgIpc) is 2.24. The molecule has 0 bridgehead atoms. The Morgan fingerprint density at radius 2 is 1.93 bits per heavy atom. The van der Waals surface area contributed by atoms with E-state index in [1.165, 1.54) is 11.1 Å². The van der Waals surface area contributed by atoms with Gasteiger partial charge in [0.15, 0.2) is 0 Å². The van der Waals surface area contributed by atoms with Crippen LogP contribution in [0.15, 0.2) is 18.2 Å². The molecule has 1 heterocycles. The zero-order valence-electron chi connectivity index (χ0n) is 9.45. The van der Waals surface area contributed by atoms with Gasteiger partial charge in [-0.25, -0.2) is 0 Å². The lowest BCUT2D eigenvalue weighted by atomic mass is 10.1. The summed E-state index contributed by atoms with van der Waals surface area (Å²) in [7, 11) is 0. The van der Waals surface area contributed by atoms with Crippen molar-refractivity contribution in [3.63, 3.8) is 0 Å². The van der Waals surface area contributed by atoms with E-state index in [2.05, 4.69) is 32.0 Å². The van der Waals surface area contributed by atoms with Crippen LogP contribution in [-0.2, 0) is 4.74 Å². The van der Waals surface area contributed by atoms with Crippen LogP contribution in [0.2, 0.25) is 0 Å². The molecule has 2 nitrogen and oxygen atoms in total. The minimum Gasteiger partial charge on any atom is -0.490 e. The third-order valence-electron chi connectivity index (χ3n) is 2.79. The van der Waals surface area contributed by atoms with Crippen molar-refractivity contribution in [1.29, 1.82) is 0 Å². The van der Waals surface area contributed by atoms with E-state index in [0.29, 0.717) is 6.10 Å². The Balaban J connectivity index is 2.03. The molecule has 1 fully saturated rings.